The van der Waals surface area contributed by atoms with Gasteiger partial charge in [0.05, 0.1) is 11.3 Å². The van der Waals surface area contributed by atoms with Crippen molar-refractivity contribution in [2.75, 3.05) is 36.0 Å². The van der Waals surface area contributed by atoms with Gasteiger partial charge >= 0.3 is 0 Å². The number of anilines is 2. The molecule has 3 heterocycles. The SMILES string of the molecule is N#Cc1ccc(N2CCN(c3cc(=O)[nH]nc3-c3ccccc3)CC2)nc1. The van der Waals surface area contributed by atoms with E-state index in [2.05, 4.69) is 31.1 Å². The third kappa shape index (κ3) is 3.51. The molecule has 27 heavy (non-hydrogen) atoms. The smallest absolute Gasteiger partial charge is 0.266 e. The number of nitriles is 1. The van der Waals surface area contributed by atoms with Gasteiger partial charge in [-0.3, -0.25) is 4.79 Å². The molecule has 1 aromatic carbocycles. The molecular weight excluding hydrogens is 340 g/mol. The Hall–Kier alpha value is -3.66. The zero-order valence-corrected chi connectivity index (χ0v) is 14.7. The summed E-state index contributed by atoms with van der Waals surface area (Å²) in [5.41, 5.74) is 2.94. The monoisotopic (exact) mass is 358 g/mol. The number of hydrogen-bond acceptors (Lipinski definition) is 6. The molecule has 1 N–H and O–H groups in total. The topological polar surface area (TPSA) is 88.9 Å². The predicted molar refractivity (Wildman–Crippen MR) is 104 cm³/mol. The van der Waals surface area contributed by atoms with Gasteiger partial charge in [-0.25, -0.2) is 10.1 Å². The van der Waals surface area contributed by atoms with Crippen LogP contribution in [0.1, 0.15) is 5.56 Å². The Morgan fingerprint density at radius 3 is 2.41 bits per heavy atom. The van der Waals surface area contributed by atoms with Gasteiger partial charge in [0.1, 0.15) is 17.6 Å². The van der Waals surface area contributed by atoms with Crippen molar-refractivity contribution in [3.05, 3.63) is 70.6 Å². The molecule has 1 aliphatic rings. The number of hydrogen-bond donors (Lipinski definition) is 1. The number of aromatic nitrogens is 3. The van der Waals surface area contributed by atoms with E-state index >= 15 is 0 Å². The summed E-state index contributed by atoms with van der Waals surface area (Å²) in [5.74, 6) is 0.862. The molecule has 1 fully saturated rings. The minimum absolute atomic E-state index is 0.208. The van der Waals surface area contributed by atoms with E-state index in [1.807, 2.05) is 36.4 Å². The molecule has 1 aliphatic heterocycles. The lowest BCUT2D eigenvalue weighted by Crippen LogP contribution is -2.47. The molecule has 7 heteroatoms. The second-order valence-corrected chi connectivity index (χ2v) is 6.32. The fraction of sp³-hybridized carbons (Fsp3) is 0.200. The van der Waals surface area contributed by atoms with Gasteiger partial charge in [-0.2, -0.15) is 10.4 Å². The van der Waals surface area contributed by atoms with E-state index in [9.17, 15) is 4.79 Å². The number of rotatable bonds is 3. The highest BCUT2D eigenvalue weighted by Gasteiger charge is 2.21. The normalized spacial score (nSPS) is 14.0. The van der Waals surface area contributed by atoms with Crippen LogP contribution in [-0.4, -0.2) is 41.4 Å². The molecule has 0 bridgehead atoms. The van der Waals surface area contributed by atoms with E-state index in [4.69, 9.17) is 5.26 Å². The standard InChI is InChI=1S/C20H18N6O/c21-13-15-6-7-18(22-14-15)26-10-8-25(9-11-26)17-12-19(27)23-24-20(17)16-4-2-1-3-5-16/h1-7,12,14H,8-11H2,(H,23,27). The number of nitrogens with one attached hydrogen (secondary N) is 1. The predicted octanol–water partition coefficient (Wildman–Crippen LogP) is 2.03. The van der Waals surface area contributed by atoms with Crippen molar-refractivity contribution in [3.63, 3.8) is 0 Å². The first-order valence-electron chi connectivity index (χ1n) is 8.76. The van der Waals surface area contributed by atoms with Crippen molar-refractivity contribution < 1.29 is 0 Å². The average molecular weight is 358 g/mol. The molecule has 3 aromatic rings. The van der Waals surface area contributed by atoms with Gasteiger partial charge in [0, 0.05) is 44.0 Å². The number of piperazine rings is 1. The molecule has 0 radical (unpaired) electrons. The Morgan fingerprint density at radius 1 is 1.00 bits per heavy atom. The molecule has 0 atom stereocenters. The quantitative estimate of drug-likeness (QED) is 0.771. The maximum atomic E-state index is 11.9. The lowest BCUT2D eigenvalue weighted by molar-refractivity contribution is 0.646. The van der Waals surface area contributed by atoms with Crippen LogP contribution < -0.4 is 15.4 Å². The molecule has 0 amide bonds. The van der Waals surface area contributed by atoms with E-state index in [0.717, 1.165) is 48.9 Å². The number of H-pyrrole nitrogens is 1. The summed E-state index contributed by atoms with van der Waals surface area (Å²) in [7, 11) is 0. The van der Waals surface area contributed by atoms with Crippen molar-refractivity contribution in [1.82, 2.24) is 15.2 Å². The highest BCUT2D eigenvalue weighted by molar-refractivity contribution is 5.74. The van der Waals surface area contributed by atoms with Crippen LogP contribution >= 0.6 is 0 Å². The Bertz CT molecular complexity index is 1010. The van der Waals surface area contributed by atoms with Gasteiger partial charge in [0.2, 0.25) is 0 Å². The molecule has 1 saturated heterocycles. The number of nitrogens with zero attached hydrogens (tertiary/aromatic N) is 5. The third-order valence-electron chi connectivity index (χ3n) is 4.66. The first-order valence-corrected chi connectivity index (χ1v) is 8.76. The molecule has 2 aromatic heterocycles. The van der Waals surface area contributed by atoms with Crippen molar-refractivity contribution >= 4 is 11.5 Å². The largest absolute Gasteiger partial charge is 0.366 e. The summed E-state index contributed by atoms with van der Waals surface area (Å²) in [4.78, 5) is 20.6. The third-order valence-corrected chi connectivity index (χ3v) is 4.66. The molecule has 0 spiro atoms. The van der Waals surface area contributed by atoms with Crippen LogP contribution in [0.2, 0.25) is 0 Å². The van der Waals surface area contributed by atoms with Crippen LogP contribution in [0.25, 0.3) is 11.3 Å². The summed E-state index contributed by atoms with van der Waals surface area (Å²) in [6.45, 7) is 3.07. The second-order valence-electron chi connectivity index (χ2n) is 6.32. The minimum atomic E-state index is -0.208. The number of aromatic amines is 1. The Balaban J connectivity index is 1.55. The van der Waals surface area contributed by atoms with Crippen LogP contribution in [0.15, 0.2) is 59.5 Å². The van der Waals surface area contributed by atoms with Gasteiger partial charge in [0.15, 0.2) is 0 Å². The first-order chi connectivity index (χ1) is 13.2. The molecule has 0 unspecified atom stereocenters. The fourth-order valence-electron chi connectivity index (χ4n) is 3.26. The van der Waals surface area contributed by atoms with E-state index < -0.39 is 0 Å². The lowest BCUT2D eigenvalue weighted by Gasteiger charge is -2.37. The van der Waals surface area contributed by atoms with Crippen molar-refractivity contribution in [2.45, 2.75) is 0 Å². The summed E-state index contributed by atoms with van der Waals surface area (Å²) in [6, 6.07) is 17.2. The van der Waals surface area contributed by atoms with Gasteiger partial charge in [-0.1, -0.05) is 30.3 Å². The lowest BCUT2D eigenvalue weighted by atomic mass is 10.1. The van der Waals surface area contributed by atoms with E-state index in [-0.39, 0.29) is 5.56 Å². The van der Waals surface area contributed by atoms with Crippen LogP contribution in [-0.2, 0) is 0 Å². The van der Waals surface area contributed by atoms with Gasteiger partial charge in [0.25, 0.3) is 5.56 Å². The van der Waals surface area contributed by atoms with Gasteiger partial charge in [-0.05, 0) is 12.1 Å². The Kier molecular flexibility index (Phi) is 4.54. The van der Waals surface area contributed by atoms with Crippen molar-refractivity contribution in [3.8, 4) is 17.3 Å². The van der Waals surface area contributed by atoms with Crippen LogP contribution in [0.4, 0.5) is 11.5 Å². The van der Waals surface area contributed by atoms with E-state index in [1.165, 1.54) is 0 Å². The van der Waals surface area contributed by atoms with Crippen LogP contribution in [0.5, 0.6) is 0 Å². The molecule has 7 nitrogen and oxygen atoms in total. The highest BCUT2D eigenvalue weighted by Crippen LogP contribution is 2.28. The number of pyridine rings is 1. The average Bonchev–Trinajstić information content (AvgIpc) is 2.74. The number of benzene rings is 1. The maximum absolute atomic E-state index is 11.9. The summed E-state index contributed by atoms with van der Waals surface area (Å²) in [5, 5.41) is 15.7. The zero-order chi connectivity index (χ0) is 18.6. The van der Waals surface area contributed by atoms with Gasteiger partial charge in [-0.15, -0.1) is 0 Å². The minimum Gasteiger partial charge on any atom is -0.366 e. The van der Waals surface area contributed by atoms with E-state index in [1.54, 1.807) is 18.3 Å². The van der Waals surface area contributed by atoms with Crippen LogP contribution in [0, 0.1) is 11.3 Å². The Morgan fingerprint density at radius 2 is 1.74 bits per heavy atom. The maximum Gasteiger partial charge on any atom is 0.266 e. The summed E-state index contributed by atoms with van der Waals surface area (Å²) in [6.07, 6.45) is 1.59. The molecular formula is C20H18N6O. The molecule has 4 rings (SSSR count). The molecule has 0 saturated carbocycles. The zero-order valence-electron chi connectivity index (χ0n) is 14.7. The fourth-order valence-corrected chi connectivity index (χ4v) is 3.26. The Labute approximate surface area is 156 Å². The molecule has 134 valence electrons. The van der Waals surface area contributed by atoms with Crippen molar-refractivity contribution in [1.29, 1.82) is 5.26 Å². The second kappa shape index (κ2) is 7.30. The molecule has 0 aliphatic carbocycles. The summed E-state index contributed by atoms with van der Waals surface area (Å²) >= 11 is 0. The van der Waals surface area contributed by atoms with Crippen molar-refractivity contribution in [2.24, 2.45) is 0 Å². The summed E-state index contributed by atoms with van der Waals surface area (Å²) < 4.78 is 0. The highest BCUT2D eigenvalue weighted by atomic mass is 16.1. The van der Waals surface area contributed by atoms with Crippen LogP contribution in [0.3, 0.4) is 0 Å². The van der Waals surface area contributed by atoms with Gasteiger partial charge < -0.3 is 9.80 Å². The first kappa shape index (κ1) is 16.8. The van der Waals surface area contributed by atoms with E-state index in [0.29, 0.717) is 5.56 Å².